The lowest BCUT2D eigenvalue weighted by molar-refractivity contribution is -0.116. The molecule has 0 bridgehead atoms. The summed E-state index contributed by atoms with van der Waals surface area (Å²) in [5.41, 5.74) is 4.78. The molecule has 5 nitrogen and oxygen atoms in total. The number of carbonyl (C=O) groups excluding carboxylic acids is 2. The van der Waals surface area contributed by atoms with Crippen LogP contribution < -0.4 is 10.7 Å². The average Bonchev–Trinajstić information content (AvgIpc) is 3.36. The van der Waals surface area contributed by atoms with E-state index < -0.39 is 0 Å². The third-order valence-corrected chi connectivity index (χ3v) is 3.69. The molecule has 2 amide bonds. The Morgan fingerprint density at radius 1 is 1.23 bits per heavy atom. The summed E-state index contributed by atoms with van der Waals surface area (Å²) >= 11 is 0. The Morgan fingerprint density at radius 3 is 2.50 bits per heavy atom. The Bertz CT molecular complexity index is 560. The normalized spacial score (nSPS) is 14.5. The second-order valence-electron chi connectivity index (χ2n) is 5.70. The van der Waals surface area contributed by atoms with E-state index in [0.717, 1.165) is 31.4 Å². The minimum atomic E-state index is -0.233. The first-order chi connectivity index (χ1) is 10.6. The molecule has 1 aliphatic rings. The van der Waals surface area contributed by atoms with Crippen molar-refractivity contribution in [1.82, 2.24) is 5.43 Å². The SMILES string of the molecule is CCCCC(=O)Nc1ccc(C(=O)NN=C(C)C2CC2)cc1. The van der Waals surface area contributed by atoms with Crippen molar-refractivity contribution in [2.45, 2.75) is 46.0 Å². The van der Waals surface area contributed by atoms with Gasteiger partial charge in [-0.3, -0.25) is 9.59 Å². The molecule has 1 aromatic carbocycles. The standard InChI is InChI=1S/C17H23N3O2/c1-3-4-5-16(21)18-15-10-8-14(9-11-15)17(22)20-19-12(2)13-6-7-13/h8-11,13H,3-7H2,1-2H3,(H,18,21)(H,20,22). The monoisotopic (exact) mass is 301 g/mol. The number of anilines is 1. The molecule has 2 rings (SSSR count). The quantitative estimate of drug-likeness (QED) is 0.599. The summed E-state index contributed by atoms with van der Waals surface area (Å²) in [7, 11) is 0. The molecule has 22 heavy (non-hydrogen) atoms. The first-order valence-corrected chi connectivity index (χ1v) is 7.84. The van der Waals surface area contributed by atoms with Crippen molar-refractivity contribution in [2.24, 2.45) is 11.0 Å². The third-order valence-electron chi connectivity index (χ3n) is 3.69. The van der Waals surface area contributed by atoms with E-state index in [-0.39, 0.29) is 11.8 Å². The molecule has 0 aliphatic heterocycles. The van der Waals surface area contributed by atoms with Crippen molar-refractivity contribution < 1.29 is 9.59 Å². The summed E-state index contributed by atoms with van der Waals surface area (Å²) in [6, 6.07) is 6.84. The maximum atomic E-state index is 12.0. The fraction of sp³-hybridized carbons (Fsp3) is 0.471. The number of amides is 2. The van der Waals surface area contributed by atoms with Gasteiger partial charge in [-0.2, -0.15) is 5.10 Å². The molecule has 1 fully saturated rings. The van der Waals surface area contributed by atoms with Gasteiger partial charge in [0.1, 0.15) is 0 Å². The summed E-state index contributed by atoms with van der Waals surface area (Å²) in [5.74, 6) is 0.313. The fourth-order valence-corrected chi connectivity index (χ4v) is 2.06. The number of unbranched alkanes of at least 4 members (excludes halogenated alkanes) is 1. The van der Waals surface area contributed by atoms with Gasteiger partial charge in [0.2, 0.25) is 5.91 Å². The van der Waals surface area contributed by atoms with Crippen molar-refractivity contribution in [3.05, 3.63) is 29.8 Å². The Balaban J connectivity index is 1.86. The molecule has 118 valence electrons. The lowest BCUT2D eigenvalue weighted by Crippen LogP contribution is -2.19. The molecule has 1 saturated carbocycles. The number of hydrazone groups is 1. The van der Waals surface area contributed by atoms with Crippen LogP contribution in [0, 0.1) is 5.92 Å². The Kier molecular flexibility index (Phi) is 5.69. The van der Waals surface area contributed by atoms with E-state index >= 15 is 0 Å². The second kappa shape index (κ2) is 7.73. The summed E-state index contributed by atoms with van der Waals surface area (Å²) in [6.07, 6.45) is 4.72. The Labute approximate surface area is 131 Å². The predicted octanol–water partition coefficient (Wildman–Crippen LogP) is 3.33. The van der Waals surface area contributed by atoms with Crippen LogP contribution in [0.1, 0.15) is 56.3 Å². The molecule has 0 saturated heterocycles. The molecule has 0 unspecified atom stereocenters. The van der Waals surface area contributed by atoms with Gasteiger partial charge in [0.05, 0.1) is 0 Å². The lowest BCUT2D eigenvalue weighted by Gasteiger charge is -2.06. The fourth-order valence-electron chi connectivity index (χ4n) is 2.06. The summed E-state index contributed by atoms with van der Waals surface area (Å²) < 4.78 is 0. The largest absolute Gasteiger partial charge is 0.326 e. The van der Waals surface area contributed by atoms with E-state index in [2.05, 4.69) is 15.8 Å². The molecule has 2 N–H and O–H groups in total. The lowest BCUT2D eigenvalue weighted by atomic mass is 10.2. The maximum absolute atomic E-state index is 12.0. The topological polar surface area (TPSA) is 70.6 Å². The van der Waals surface area contributed by atoms with Crippen molar-refractivity contribution in [1.29, 1.82) is 0 Å². The van der Waals surface area contributed by atoms with Gasteiger partial charge in [0.15, 0.2) is 0 Å². The van der Waals surface area contributed by atoms with Crippen LogP contribution in [0.4, 0.5) is 5.69 Å². The van der Waals surface area contributed by atoms with Gasteiger partial charge in [0, 0.05) is 23.4 Å². The third kappa shape index (κ3) is 4.98. The van der Waals surface area contributed by atoms with E-state index in [4.69, 9.17) is 0 Å². The summed E-state index contributed by atoms with van der Waals surface area (Å²) in [5, 5.41) is 6.93. The molecular weight excluding hydrogens is 278 g/mol. The van der Waals surface area contributed by atoms with Crippen LogP contribution in [0.25, 0.3) is 0 Å². The predicted molar refractivity (Wildman–Crippen MR) is 87.9 cm³/mol. The van der Waals surface area contributed by atoms with Gasteiger partial charge in [-0.15, -0.1) is 0 Å². The Hall–Kier alpha value is -2.17. The van der Waals surface area contributed by atoms with E-state index in [1.807, 2.05) is 13.8 Å². The zero-order valence-corrected chi connectivity index (χ0v) is 13.2. The maximum Gasteiger partial charge on any atom is 0.271 e. The highest BCUT2D eigenvalue weighted by molar-refractivity contribution is 5.96. The van der Waals surface area contributed by atoms with Crippen LogP contribution in [0.3, 0.4) is 0 Å². The van der Waals surface area contributed by atoms with Crippen LogP contribution in [0.15, 0.2) is 29.4 Å². The first-order valence-electron chi connectivity index (χ1n) is 7.84. The average molecular weight is 301 g/mol. The van der Waals surface area contributed by atoms with Gasteiger partial charge >= 0.3 is 0 Å². The highest BCUT2D eigenvalue weighted by Gasteiger charge is 2.24. The first kappa shape index (κ1) is 16.2. The molecule has 0 spiro atoms. The van der Waals surface area contributed by atoms with Crippen molar-refractivity contribution in [3.8, 4) is 0 Å². The smallest absolute Gasteiger partial charge is 0.271 e. The highest BCUT2D eigenvalue weighted by Crippen LogP contribution is 2.30. The number of nitrogens with zero attached hydrogens (tertiary/aromatic N) is 1. The van der Waals surface area contributed by atoms with E-state index in [1.54, 1.807) is 24.3 Å². The zero-order chi connectivity index (χ0) is 15.9. The van der Waals surface area contributed by atoms with Crippen LogP contribution in [-0.4, -0.2) is 17.5 Å². The highest BCUT2D eigenvalue weighted by atomic mass is 16.2. The summed E-state index contributed by atoms with van der Waals surface area (Å²) in [4.78, 5) is 23.6. The molecule has 0 aromatic heterocycles. The molecule has 0 atom stereocenters. The minimum absolute atomic E-state index is 0.00343. The summed E-state index contributed by atoms with van der Waals surface area (Å²) in [6.45, 7) is 3.99. The number of hydrogen-bond acceptors (Lipinski definition) is 3. The number of carbonyl (C=O) groups is 2. The van der Waals surface area contributed by atoms with Gasteiger partial charge < -0.3 is 5.32 Å². The molecule has 1 aliphatic carbocycles. The van der Waals surface area contributed by atoms with E-state index in [9.17, 15) is 9.59 Å². The molecular formula is C17H23N3O2. The second-order valence-corrected chi connectivity index (χ2v) is 5.70. The van der Waals surface area contributed by atoms with Crippen LogP contribution >= 0.6 is 0 Å². The van der Waals surface area contributed by atoms with Crippen molar-refractivity contribution in [3.63, 3.8) is 0 Å². The van der Waals surface area contributed by atoms with E-state index in [1.165, 1.54) is 0 Å². The molecule has 0 heterocycles. The van der Waals surface area contributed by atoms with Gasteiger partial charge in [-0.1, -0.05) is 13.3 Å². The van der Waals surface area contributed by atoms with Gasteiger partial charge in [-0.25, -0.2) is 5.43 Å². The van der Waals surface area contributed by atoms with E-state index in [0.29, 0.717) is 23.6 Å². The van der Waals surface area contributed by atoms with Crippen molar-refractivity contribution >= 4 is 23.2 Å². The van der Waals surface area contributed by atoms with Gasteiger partial charge in [-0.05, 0) is 56.4 Å². The molecule has 0 radical (unpaired) electrons. The number of rotatable bonds is 7. The van der Waals surface area contributed by atoms with Crippen LogP contribution in [0.5, 0.6) is 0 Å². The minimum Gasteiger partial charge on any atom is -0.326 e. The van der Waals surface area contributed by atoms with Crippen LogP contribution in [-0.2, 0) is 4.79 Å². The zero-order valence-electron chi connectivity index (χ0n) is 13.2. The Morgan fingerprint density at radius 2 is 1.91 bits per heavy atom. The molecule has 1 aromatic rings. The van der Waals surface area contributed by atoms with Gasteiger partial charge in [0.25, 0.3) is 5.91 Å². The molecule has 5 heteroatoms. The number of benzene rings is 1. The number of nitrogens with one attached hydrogen (secondary N) is 2. The number of hydrogen-bond donors (Lipinski definition) is 2. The van der Waals surface area contributed by atoms with Crippen molar-refractivity contribution in [2.75, 3.05) is 5.32 Å². The van der Waals surface area contributed by atoms with Crippen LogP contribution in [0.2, 0.25) is 0 Å².